The normalized spacial score (nSPS) is 9.80. The first kappa shape index (κ1) is 4.54. The van der Waals surface area contributed by atoms with Crippen LogP contribution >= 0.6 is 0 Å². The first-order chi connectivity index (χ1) is 2.41. The molecule has 0 aliphatic heterocycles. The lowest BCUT2D eigenvalue weighted by atomic mass is 10.5. The second-order valence-corrected chi connectivity index (χ2v) is 0.780. The van der Waals surface area contributed by atoms with Gasteiger partial charge in [0.15, 0.2) is 0 Å². The van der Waals surface area contributed by atoms with Gasteiger partial charge in [0.25, 0.3) is 0 Å². The molecule has 0 fully saturated rings. The van der Waals surface area contributed by atoms with Crippen molar-refractivity contribution in [2.45, 2.75) is 13.3 Å². The minimum Gasteiger partial charge on any atom is -0.299 e. The molecule has 29 valence electrons. The highest BCUT2D eigenvalue weighted by Gasteiger charge is 1.56. The van der Waals surface area contributed by atoms with E-state index in [0.717, 1.165) is 12.7 Å². The zero-order chi connectivity index (χ0) is 4.12. The Balaban J connectivity index is 2.62. The Morgan fingerprint density at radius 2 is 2.40 bits per heavy atom. The van der Waals surface area contributed by atoms with E-state index in [4.69, 9.17) is 0 Å². The van der Waals surface area contributed by atoms with Crippen molar-refractivity contribution >= 4 is 0 Å². The van der Waals surface area contributed by atoms with Gasteiger partial charge in [-0.05, 0) is 12.5 Å². The number of hydrogen-bond acceptors (Lipinski definition) is 0. The van der Waals surface area contributed by atoms with E-state index in [-0.39, 0.29) is 0 Å². The van der Waals surface area contributed by atoms with Crippen molar-refractivity contribution in [3.8, 4) is 0 Å². The second kappa shape index (κ2) is 3.54. The van der Waals surface area contributed by atoms with Gasteiger partial charge in [-0.2, -0.15) is 0 Å². The zero-order valence-electron chi connectivity index (χ0n) is 3.27. The summed E-state index contributed by atoms with van der Waals surface area (Å²) < 4.78 is 0. The Kier molecular flexibility index (Phi) is 3.21. The van der Waals surface area contributed by atoms with Crippen LogP contribution in [0.15, 0.2) is 12.3 Å². The van der Waals surface area contributed by atoms with Crippen LogP contribution in [-0.4, -0.2) is 0 Å². The SMILES string of the molecule is CCC=C[O]. The molecule has 0 N–H and O–H groups in total. The molecule has 0 saturated carbocycles. The van der Waals surface area contributed by atoms with Crippen molar-refractivity contribution in [3.05, 3.63) is 12.3 Å². The third-order valence-electron chi connectivity index (χ3n) is 0.332. The Bertz CT molecular complexity index is 30.6. The molecule has 0 aliphatic rings. The third kappa shape index (κ3) is 3.54. The average Bonchev–Trinajstić information content (AvgIpc) is 1.41. The number of hydrogen-bond donors (Lipinski definition) is 0. The highest BCUT2D eigenvalue weighted by Crippen LogP contribution is 1.72. The molecule has 1 heteroatoms. The summed E-state index contributed by atoms with van der Waals surface area (Å²) >= 11 is 0. The molecule has 0 bridgehead atoms. The molecule has 5 heavy (non-hydrogen) atoms. The molecule has 0 aromatic carbocycles. The minimum absolute atomic E-state index is 0.806. The zero-order valence-corrected chi connectivity index (χ0v) is 3.27. The molecule has 0 unspecified atom stereocenters. The van der Waals surface area contributed by atoms with Crippen molar-refractivity contribution in [1.29, 1.82) is 0 Å². The Morgan fingerprint density at radius 1 is 1.80 bits per heavy atom. The van der Waals surface area contributed by atoms with Crippen molar-refractivity contribution in [2.24, 2.45) is 0 Å². The fraction of sp³-hybridized carbons (Fsp3) is 0.500. The summed E-state index contributed by atoms with van der Waals surface area (Å²) in [5.41, 5.74) is 0. The summed E-state index contributed by atoms with van der Waals surface area (Å²) in [7, 11) is 0. The lowest BCUT2D eigenvalue weighted by molar-refractivity contribution is 0.350. The maximum Gasteiger partial charge on any atom is 0.138 e. The molecule has 0 atom stereocenters. The third-order valence-corrected chi connectivity index (χ3v) is 0.332. The molecule has 0 aromatic rings. The number of rotatable bonds is 1. The van der Waals surface area contributed by atoms with Gasteiger partial charge < -0.3 is 0 Å². The van der Waals surface area contributed by atoms with E-state index in [1.807, 2.05) is 6.92 Å². The van der Waals surface area contributed by atoms with Crippen molar-refractivity contribution in [3.63, 3.8) is 0 Å². The summed E-state index contributed by atoms with van der Waals surface area (Å²) in [4.78, 5) is 0. The smallest absolute Gasteiger partial charge is 0.138 e. The van der Waals surface area contributed by atoms with Crippen LogP contribution in [0.4, 0.5) is 0 Å². The fourth-order valence-electron chi connectivity index (χ4n) is 0.0962. The molecule has 0 aliphatic carbocycles. The Morgan fingerprint density at radius 3 is 2.40 bits per heavy atom. The van der Waals surface area contributed by atoms with Gasteiger partial charge >= 0.3 is 0 Å². The summed E-state index contributed by atoms with van der Waals surface area (Å²) in [6.07, 6.45) is 3.23. The van der Waals surface area contributed by atoms with E-state index in [1.54, 1.807) is 6.08 Å². The van der Waals surface area contributed by atoms with E-state index >= 15 is 0 Å². The molecule has 1 radical (unpaired) electrons. The van der Waals surface area contributed by atoms with E-state index in [1.165, 1.54) is 0 Å². The molecule has 0 amide bonds. The van der Waals surface area contributed by atoms with Crippen LogP contribution in [-0.2, 0) is 5.11 Å². The van der Waals surface area contributed by atoms with Gasteiger partial charge in [-0.15, -0.1) is 0 Å². The predicted octanol–water partition coefficient (Wildman–Crippen LogP) is 1.34. The highest BCUT2D eigenvalue weighted by molar-refractivity contribution is 4.66. The first-order valence-corrected chi connectivity index (χ1v) is 1.68. The van der Waals surface area contributed by atoms with E-state index in [9.17, 15) is 5.11 Å². The number of allylic oxidation sites excluding steroid dienone is 1. The van der Waals surface area contributed by atoms with Gasteiger partial charge in [0, 0.05) is 0 Å². The Labute approximate surface area is 31.9 Å². The van der Waals surface area contributed by atoms with Crippen LogP contribution < -0.4 is 0 Å². The van der Waals surface area contributed by atoms with Crippen LogP contribution in [0.3, 0.4) is 0 Å². The van der Waals surface area contributed by atoms with Crippen molar-refractivity contribution < 1.29 is 5.11 Å². The van der Waals surface area contributed by atoms with E-state index in [2.05, 4.69) is 0 Å². The van der Waals surface area contributed by atoms with Gasteiger partial charge in [0.05, 0.1) is 0 Å². The van der Waals surface area contributed by atoms with Gasteiger partial charge in [-0.1, -0.05) is 6.92 Å². The fourth-order valence-corrected chi connectivity index (χ4v) is 0.0962. The predicted molar refractivity (Wildman–Crippen MR) is 20.1 cm³/mol. The first-order valence-electron chi connectivity index (χ1n) is 1.68. The second-order valence-electron chi connectivity index (χ2n) is 0.780. The van der Waals surface area contributed by atoms with Crippen LogP contribution in [0.1, 0.15) is 13.3 Å². The minimum atomic E-state index is 0.806. The maximum atomic E-state index is 9.35. The Hall–Kier alpha value is -0.460. The highest BCUT2D eigenvalue weighted by atomic mass is 16.2. The lowest BCUT2D eigenvalue weighted by Crippen LogP contribution is -1.45. The van der Waals surface area contributed by atoms with Gasteiger partial charge in [-0.3, -0.25) is 5.11 Å². The summed E-state index contributed by atoms with van der Waals surface area (Å²) in [5, 5.41) is 9.35. The standard InChI is InChI=1S/C4H7O/c1-2-3-4-5/h3-4H,2H2,1H3. The van der Waals surface area contributed by atoms with Crippen LogP contribution in [0.2, 0.25) is 0 Å². The van der Waals surface area contributed by atoms with Gasteiger partial charge in [0.1, 0.15) is 6.26 Å². The molecule has 0 spiro atoms. The molecule has 0 aromatic heterocycles. The summed E-state index contributed by atoms with van der Waals surface area (Å²) in [6, 6.07) is 0. The quantitative estimate of drug-likeness (QED) is 0.416. The maximum absolute atomic E-state index is 9.35. The van der Waals surface area contributed by atoms with Crippen molar-refractivity contribution in [1.82, 2.24) is 0 Å². The topological polar surface area (TPSA) is 19.9 Å². The largest absolute Gasteiger partial charge is 0.299 e. The lowest BCUT2D eigenvalue weighted by Gasteiger charge is -1.61. The summed E-state index contributed by atoms with van der Waals surface area (Å²) in [6.45, 7) is 1.92. The van der Waals surface area contributed by atoms with E-state index < -0.39 is 0 Å². The monoisotopic (exact) mass is 71.0 g/mol. The summed E-state index contributed by atoms with van der Waals surface area (Å²) in [5.74, 6) is 0. The average molecular weight is 71.1 g/mol. The molecule has 0 saturated heterocycles. The van der Waals surface area contributed by atoms with Crippen LogP contribution in [0.25, 0.3) is 0 Å². The molecular formula is C4H7O. The van der Waals surface area contributed by atoms with E-state index in [0.29, 0.717) is 0 Å². The van der Waals surface area contributed by atoms with Gasteiger partial charge in [-0.25, -0.2) is 0 Å². The van der Waals surface area contributed by atoms with Crippen LogP contribution in [0, 0.1) is 0 Å². The van der Waals surface area contributed by atoms with Crippen LogP contribution in [0.5, 0.6) is 0 Å². The molecule has 1 nitrogen and oxygen atoms in total. The van der Waals surface area contributed by atoms with Gasteiger partial charge in [0.2, 0.25) is 0 Å². The van der Waals surface area contributed by atoms with Crippen molar-refractivity contribution in [2.75, 3.05) is 0 Å². The molecule has 0 heterocycles. The molecule has 0 rings (SSSR count). The molecular weight excluding hydrogens is 64.0 g/mol.